The first-order valence-electron chi connectivity index (χ1n) is 8.39. The molecule has 3 rings (SSSR count). The number of urea groups is 1. The van der Waals surface area contributed by atoms with Gasteiger partial charge in [0.15, 0.2) is 0 Å². The smallest absolute Gasteiger partial charge is 0.315 e. The lowest BCUT2D eigenvalue weighted by Gasteiger charge is -2.16. The predicted molar refractivity (Wildman–Crippen MR) is 100 cm³/mol. The van der Waals surface area contributed by atoms with E-state index in [4.69, 9.17) is 0 Å². The molecule has 24 heavy (non-hydrogen) atoms. The van der Waals surface area contributed by atoms with Gasteiger partial charge in [-0.15, -0.1) is 0 Å². The van der Waals surface area contributed by atoms with Crippen LogP contribution in [0.2, 0.25) is 0 Å². The van der Waals surface area contributed by atoms with E-state index in [0.29, 0.717) is 5.25 Å². The van der Waals surface area contributed by atoms with Gasteiger partial charge in [-0.2, -0.15) is 11.8 Å². The monoisotopic (exact) mass is 344 g/mol. The van der Waals surface area contributed by atoms with Crippen molar-refractivity contribution in [2.75, 3.05) is 12.8 Å². The topological polar surface area (TPSA) is 61.4 Å². The summed E-state index contributed by atoms with van der Waals surface area (Å²) in [4.78, 5) is 12.0. The number of carbonyl (C=O) groups is 1. The number of nitrogens with one attached hydrogen (secondary N) is 2. The summed E-state index contributed by atoms with van der Waals surface area (Å²) in [6.45, 7) is 0.211. The Hall–Kier alpha value is -1.72. The summed E-state index contributed by atoms with van der Waals surface area (Å²) in [7, 11) is 0. The van der Waals surface area contributed by atoms with E-state index in [2.05, 4.69) is 16.9 Å². The largest absolute Gasteiger partial charge is 0.387 e. The number of thioether (sulfide) groups is 1. The number of hydrogen-bond donors (Lipinski definition) is 3. The van der Waals surface area contributed by atoms with Gasteiger partial charge in [0.2, 0.25) is 0 Å². The third kappa shape index (κ3) is 4.22. The van der Waals surface area contributed by atoms with E-state index < -0.39 is 6.10 Å². The second-order valence-electron chi connectivity index (χ2n) is 6.34. The Morgan fingerprint density at radius 3 is 2.79 bits per heavy atom. The summed E-state index contributed by atoms with van der Waals surface area (Å²) in [6.07, 6.45) is 4.63. The first kappa shape index (κ1) is 17.1. The molecule has 0 aliphatic heterocycles. The molecule has 3 N–H and O–H groups in total. The molecule has 0 spiro atoms. The van der Waals surface area contributed by atoms with Crippen LogP contribution in [0.1, 0.15) is 30.9 Å². The fourth-order valence-electron chi connectivity index (χ4n) is 3.24. The molecule has 2 aromatic carbocycles. The summed E-state index contributed by atoms with van der Waals surface area (Å²) in [5.74, 6) is 0. The summed E-state index contributed by atoms with van der Waals surface area (Å²) in [6, 6.07) is 14.0. The van der Waals surface area contributed by atoms with Gasteiger partial charge in [-0.05, 0) is 47.9 Å². The first-order valence-corrected chi connectivity index (χ1v) is 9.68. The summed E-state index contributed by atoms with van der Waals surface area (Å²) in [5.41, 5.74) is 0.817. The van der Waals surface area contributed by atoms with Gasteiger partial charge in [-0.25, -0.2) is 4.79 Å². The molecule has 1 saturated carbocycles. The number of hydrogen-bond acceptors (Lipinski definition) is 3. The zero-order valence-electron chi connectivity index (χ0n) is 13.9. The fourth-order valence-corrected chi connectivity index (χ4v) is 4.04. The number of fused-ring (bicyclic) bond motifs is 1. The average molecular weight is 344 g/mol. The van der Waals surface area contributed by atoms with Crippen LogP contribution < -0.4 is 10.6 Å². The van der Waals surface area contributed by atoms with E-state index in [9.17, 15) is 9.90 Å². The SMILES string of the molecule is CSC1CCC(NC(=O)NCC(O)c2ccc3ccccc3c2)C1. The minimum Gasteiger partial charge on any atom is -0.387 e. The molecule has 0 heterocycles. The normalized spacial score (nSPS) is 21.6. The maximum atomic E-state index is 12.0. The van der Waals surface area contributed by atoms with Crippen molar-refractivity contribution in [2.24, 2.45) is 0 Å². The zero-order valence-corrected chi connectivity index (χ0v) is 14.7. The van der Waals surface area contributed by atoms with Crippen LogP contribution >= 0.6 is 11.8 Å². The van der Waals surface area contributed by atoms with Gasteiger partial charge < -0.3 is 15.7 Å². The molecule has 1 fully saturated rings. The van der Waals surface area contributed by atoms with Crippen molar-refractivity contribution in [3.05, 3.63) is 48.0 Å². The quantitative estimate of drug-likeness (QED) is 0.778. The van der Waals surface area contributed by atoms with E-state index in [1.54, 1.807) is 0 Å². The Morgan fingerprint density at radius 1 is 1.25 bits per heavy atom. The highest BCUT2D eigenvalue weighted by Gasteiger charge is 2.25. The third-order valence-electron chi connectivity index (χ3n) is 4.67. The van der Waals surface area contributed by atoms with E-state index >= 15 is 0 Å². The van der Waals surface area contributed by atoms with Crippen LogP contribution in [-0.2, 0) is 0 Å². The number of carbonyl (C=O) groups excluding carboxylic acids is 1. The van der Waals surface area contributed by atoms with Gasteiger partial charge in [0, 0.05) is 17.8 Å². The van der Waals surface area contributed by atoms with Gasteiger partial charge in [0.1, 0.15) is 0 Å². The van der Waals surface area contributed by atoms with E-state index in [-0.39, 0.29) is 18.6 Å². The predicted octanol–water partition coefficient (Wildman–Crippen LogP) is 3.46. The minimum atomic E-state index is -0.706. The van der Waals surface area contributed by atoms with Crippen LogP contribution in [0.3, 0.4) is 0 Å². The molecule has 1 aliphatic carbocycles. The molecule has 0 bridgehead atoms. The number of aliphatic hydroxyl groups is 1. The minimum absolute atomic E-state index is 0.193. The highest BCUT2D eigenvalue weighted by Crippen LogP contribution is 2.28. The molecule has 5 heteroatoms. The van der Waals surface area contributed by atoms with Gasteiger partial charge in [0.25, 0.3) is 0 Å². The second kappa shape index (κ2) is 7.90. The molecular formula is C19H24N2O2S. The second-order valence-corrected chi connectivity index (χ2v) is 7.48. The Balaban J connectivity index is 1.50. The molecule has 4 nitrogen and oxygen atoms in total. The highest BCUT2D eigenvalue weighted by atomic mass is 32.2. The Labute approximate surface area is 147 Å². The molecular weight excluding hydrogens is 320 g/mol. The van der Waals surface area contributed by atoms with Crippen LogP contribution in [-0.4, -0.2) is 35.2 Å². The lowest BCUT2D eigenvalue weighted by Crippen LogP contribution is -2.42. The van der Waals surface area contributed by atoms with Gasteiger partial charge in [-0.3, -0.25) is 0 Å². The van der Waals surface area contributed by atoms with Crippen molar-refractivity contribution in [1.82, 2.24) is 10.6 Å². The lowest BCUT2D eigenvalue weighted by atomic mass is 10.0. The molecule has 3 atom stereocenters. The van der Waals surface area contributed by atoms with Gasteiger partial charge in [-0.1, -0.05) is 36.4 Å². The van der Waals surface area contributed by atoms with Crippen LogP contribution in [0.15, 0.2) is 42.5 Å². The van der Waals surface area contributed by atoms with E-state index in [1.807, 2.05) is 54.2 Å². The molecule has 1 aliphatic rings. The van der Waals surface area contributed by atoms with Crippen molar-refractivity contribution in [3.63, 3.8) is 0 Å². The molecule has 0 saturated heterocycles. The number of benzene rings is 2. The lowest BCUT2D eigenvalue weighted by molar-refractivity contribution is 0.172. The summed E-state index contributed by atoms with van der Waals surface area (Å²) < 4.78 is 0. The van der Waals surface area contributed by atoms with E-state index in [0.717, 1.165) is 35.6 Å². The van der Waals surface area contributed by atoms with Crippen LogP contribution in [0.4, 0.5) is 4.79 Å². The van der Waals surface area contributed by atoms with E-state index in [1.165, 1.54) is 0 Å². The van der Waals surface area contributed by atoms with Crippen molar-refractivity contribution in [1.29, 1.82) is 0 Å². The molecule has 128 valence electrons. The van der Waals surface area contributed by atoms with Crippen LogP contribution in [0, 0.1) is 0 Å². The zero-order chi connectivity index (χ0) is 16.9. The Morgan fingerprint density at radius 2 is 2.04 bits per heavy atom. The third-order valence-corrected chi connectivity index (χ3v) is 5.76. The standard InChI is InChI=1S/C19H24N2O2S/c1-24-17-9-8-16(11-17)21-19(23)20-12-18(22)15-7-6-13-4-2-3-5-14(13)10-15/h2-7,10,16-18,22H,8-9,11-12H2,1H3,(H2,20,21,23). The van der Waals surface area contributed by atoms with Crippen LogP contribution in [0.25, 0.3) is 10.8 Å². The molecule has 3 unspecified atom stereocenters. The summed E-state index contributed by atoms with van der Waals surface area (Å²) >= 11 is 1.87. The maximum Gasteiger partial charge on any atom is 0.315 e. The highest BCUT2D eigenvalue weighted by molar-refractivity contribution is 7.99. The van der Waals surface area contributed by atoms with Crippen molar-refractivity contribution >= 4 is 28.6 Å². The summed E-state index contributed by atoms with van der Waals surface area (Å²) in [5, 5.41) is 19.0. The van der Waals surface area contributed by atoms with Crippen molar-refractivity contribution < 1.29 is 9.90 Å². The van der Waals surface area contributed by atoms with Crippen molar-refractivity contribution in [2.45, 2.75) is 36.7 Å². The average Bonchev–Trinajstić information content (AvgIpc) is 3.06. The molecule has 0 radical (unpaired) electrons. The molecule has 0 aromatic heterocycles. The Kier molecular flexibility index (Phi) is 5.63. The number of amides is 2. The Bertz CT molecular complexity index is 707. The number of rotatable bonds is 5. The van der Waals surface area contributed by atoms with Gasteiger partial charge in [0.05, 0.1) is 6.10 Å². The molecule has 2 amide bonds. The van der Waals surface area contributed by atoms with Crippen molar-refractivity contribution in [3.8, 4) is 0 Å². The van der Waals surface area contributed by atoms with Gasteiger partial charge >= 0.3 is 6.03 Å². The maximum absolute atomic E-state index is 12.0. The first-order chi connectivity index (χ1) is 11.7. The molecule has 2 aromatic rings. The number of aliphatic hydroxyl groups excluding tert-OH is 1. The van der Waals surface area contributed by atoms with Crippen LogP contribution in [0.5, 0.6) is 0 Å². The fraction of sp³-hybridized carbons (Fsp3) is 0.421.